The first-order chi connectivity index (χ1) is 14.4. The highest BCUT2D eigenvalue weighted by Gasteiger charge is 2.39. The largest absolute Gasteiger partial charge is 0.465 e. The molecule has 162 valence electrons. The van der Waals surface area contributed by atoms with Crippen molar-refractivity contribution in [2.24, 2.45) is 16.8 Å². The van der Waals surface area contributed by atoms with Gasteiger partial charge in [0, 0.05) is 12.6 Å². The van der Waals surface area contributed by atoms with Crippen LogP contribution in [0.1, 0.15) is 64.0 Å². The fraction of sp³-hybridized carbons (Fsp3) is 0.545. The number of hydrogen-bond donors (Lipinski definition) is 1. The molecule has 1 aromatic rings. The summed E-state index contributed by atoms with van der Waals surface area (Å²) in [5, 5.41) is 3.02. The van der Waals surface area contributed by atoms with Gasteiger partial charge in [-0.25, -0.2) is 9.79 Å². The molecule has 30 heavy (non-hydrogen) atoms. The Kier molecular flexibility index (Phi) is 7.48. The third-order valence-corrected chi connectivity index (χ3v) is 5.90. The molecule has 0 radical (unpaired) electrons. The molecule has 1 aromatic carbocycles. The van der Waals surface area contributed by atoms with Crippen molar-refractivity contribution in [3.05, 3.63) is 28.8 Å². The maximum atomic E-state index is 13.1. The van der Waals surface area contributed by atoms with Crippen LogP contribution in [0.3, 0.4) is 0 Å². The van der Waals surface area contributed by atoms with Crippen molar-refractivity contribution in [1.82, 2.24) is 5.32 Å². The minimum Gasteiger partial charge on any atom is -0.465 e. The average Bonchev–Trinajstić information content (AvgIpc) is 2.73. The van der Waals surface area contributed by atoms with E-state index in [4.69, 9.17) is 21.1 Å². The molecule has 8 heteroatoms. The Morgan fingerprint density at radius 3 is 2.63 bits per heavy atom. The number of nitrogens with zero attached hydrogens (tertiary/aromatic N) is 1. The Labute approximate surface area is 181 Å². The number of ether oxygens (including phenoxy) is 2. The van der Waals surface area contributed by atoms with Crippen LogP contribution in [0.2, 0.25) is 5.02 Å². The molecular formula is C22H27ClN2O5. The molecule has 3 rings (SSSR count). The molecule has 1 heterocycles. The van der Waals surface area contributed by atoms with Gasteiger partial charge in [-0.3, -0.25) is 9.59 Å². The van der Waals surface area contributed by atoms with Gasteiger partial charge in [-0.2, -0.15) is 0 Å². The van der Waals surface area contributed by atoms with Crippen LogP contribution >= 0.6 is 11.6 Å². The summed E-state index contributed by atoms with van der Waals surface area (Å²) < 4.78 is 10.8. The molecule has 7 nitrogen and oxygen atoms in total. The first kappa shape index (κ1) is 22.3. The molecule has 1 saturated carbocycles. The minimum atomic E-state index is -0.748. The molecule has 0 saturated heterocycles. The summed E-state index contributed by atoms with van der Waals surface area (Å²) in [5.74, 6) is -1.11. The van der Waals surface area contributed by atoms with Gasteiger partial charge in [0.2, 0.25) is 0 Å². The van der Waals surface area contributed by atoms with E-state index in [2.05, 4.69) is 10.3 Å². The van der Waals surface area contributed by atoms with Gasteiger partial charge >= 0.3 is 18.0 Å². The van der Waals surface area contributed by atoms with Crippen LogP contribution in [-0.2, 0) is 14.3 Å². The van der Waals surface area contributed by atoms with Gasteiger partial charge < -0.3 is 14.8 Å². The van der Waals surface area contributed by atoms with Gasteiger partial charge in [0.25, 0.3) is 0 Å². The van der Waals surface area contributed by atoms with Crippen molar-refractivity contribution in [2.75, 3.05) is 6.61 Å². The summed E-state index contributed by atoms with van der Waals surface area (Å²) >= 11 is 6.12. The Bertz CT molecular complexity index is 848. The quantitative estimate of drug-likeness (QED) is 0.520. The zero-order valence-corrected chi connectivity index (χ0v) is 18.0. The van der Waals surface area contributed by atoms with Crippen molar-refractivity contribution in [3.63, 3.8) is 0 Å². The Hall–Kier alpha value is -2.41. The number of benzene rings is 1. The molecule has 0 bridgehead atoms. The topological polar surface area (TPSA) is 94.1 Å². The van der Waals surface area contributed by atoms with Crippen molar-refractivity contribution < 1.29 is 23.9 Å². The fourth-order valence-corrected chi connectivity index (χ4v) is 4.23. The molecule has 1 aliphatic heterocycles. The van der Waals surface area contributed by atoms with Crippen molar-refractivity contribution in [1.29, 1.82) is 0 Å². The third-order valence-electron chi connectivity index (χ3n) is 5.59. The highest BCUT2D eigenvalue weighted by molar-refractivity contribution is 6.32. The number of urea groups is 1. The second kappa shape index (κ2) is 10.1. The van der Waals surface area contributed by atoms with Crippen LogP contribution < -0.4 is 10.1 Å². The number of hydrogen-bond acceptors (Lipinski definition) is 5. The van der Waals surface area contributed by atoms with E-state index in [9.17, 15) is 14.4 Å². The molecular weight excluding hydrogens is 408 g/mol. The smallest absolute Gasteiger partial charge is 0.341 e. The van der Waals surface area contributed by atoms with Gasteiger partial charge in [-0.05, 0) is 42.9 Å². The Morgan fingerprint density at radius 2 is 1.97 bits per heavy atom. The molecule has 1 fully saturated rings. The van der Waals surface area contributed by atoms with Crippen LogP contribution in [-0.4, -0.2) is 30.3 Å². The van der Waals surface area contributed by atoms with Crippen LogP contribution in [0.4, 0.5) is 4.79 Å². The lowest BCUT2D eigenvalue weighted by Gasteiger charge is -2.31. The molecule has 1 N–H and O–H groups in total. The molecule has 2 aliphatic rings. The fourth-order valence-electron chi connectivity index (χ4n) is 4.08. The second-order valence-electron chi connectivity index (χ2n) is 7.78. The maximum Gasteiger partial charge on any atom is 0.341 e. The monoisotopic (exact) mass is 434 g/mol. The molecule has 2 unspecified atom stereocenters. The van der Waals surface area contributed by atoms with E-state index < -0.39 is 29.9 Å². The van der Waals surface area contributed by atoms with E-state index in [0.29, 0.717) is 30.2 Å². The number of esters is 2. The lowest BCUT2D eigenvalue weighted by atomic mass is 9.86. The second-order valence-corrected chi connectivity index (χ2v) is 8.19. The highest BCUT2D eigenvalue weighted by atomic mass is 35.5. The zero-order valence-electron chi connectivity index (χ0n) is 17.3. The number of carbonyl (C=O) groups is 3. The molecule has 1 aliphatic carbocycles. The molecule has 0 spiro atoms. The minimum absolute atomic E-state index is 0.172. The Balaban J connectivity index is 1.85. The summed E-state index contributed by atoms with van der Waals surface area (Å²) in [7, 11) is 0. The lowest BCUT2D eigenvalue weighted by Crippen LogP contribution is -2.45. The summed E-state index contributed by atoms with van der Waals surface area (Å²) in [6.07, 6.45) is 6.13. The van der Waals surface area contributed by atoms with Crippen LogP contribution in [0.5, 0.6) is 5.75 Å². The highest BCUT2D eigenvalue weighted by Crippen LogP contribution is 2.34. The number of rotatable bonds is 6. The Morgan fingerprint density at radius 1 is 1.23 bits per heavy atom. The standard InChI is InChI=1S/C22H27ClN2O5/c1-3-17-19(21(27)29-12-14-7-5-4-6-8-14)20(25-22(28)24-17)15-9-10-16(23)18(11-15)30-13(2)26/h9-11,14,19-20H,3-8,12H2,1-2H3,(H,25,28). The van der Waals surface area contributed by atoms with Crippen LogP contribution in [0.25, 0.3) is 0 Å². The summed E-state index contributed by atoms with van der Waals surface area (Å²) in [4.78, 5) is 40.6. The number of aliphatic imine (C=N–C) groups is 1. The third kappa shape index (κ3) is 5.39. The van der Waals surface area contributed by atoms with Gasteiger partial charge in [-0.1, -0.05) is 43.9 Å². The van der Waals surface area contributed by atoms with Crippen molar-refractivity contribution in [2.45, 2.75) is 58.4 Å². The van der Waals surface area contributed by atoms with E-state index >= 15 is 0 Å². The maximum absolute atomic E-state index is 13.1. The first-order valence-corrected chi connectivity index (χ1v) is 10.8. The lowest BCUT2D eigenvalue weighted by molar-refractivity contribution is -0.148. The summed E-state index contributed by atoms with van der Waals surface area (Å²) in [6.45, 7) is 3.51. The van der Waals surface area contributed by atoms with Crippen molar-refractivity contribution >= 4 is 35.3 Å². The number of carbonyl (C=O) groups excluding carboxylic acids is 3. The number of amides is 2. The number of halogens is 1. The van der Waals surface area contributed by atoms with Gasteiger partial charge in [0.15, 0.2) is 0 Å². The van der Waals surface area contributed by atoms with Crippen LogP contribution in [0, 0.1) is 11.8 Å². The predicted octanol–water partition coefficient (Wildman–Crippen LogP) is 4.62. The van der Waals surface area contributed by atoms with Crippen LogP contribution in [0.15, 0.2) is 23.2 Å². The van der Waals surface area contributed by atoms with E-state index in [-0.39, 0.29) is 10.8 Å². The van der Waals surface area contributed by atoms with E-state index in [0.717, 1.165) is 25.7 Å². The zero-order chi connectivity index (χ0) is 21.7. The molecule has 0 aromatic heterocycles. The van der Waals surface area contributed by atoms with Crippen molar-refractivity contribution in [3.8, 4) is 5.75 Å². The van der Waals surface area contributed by atoms with Gasteiger partial charge in [-0.15, -0.1) is 0 Å². The number of nitrogens with one attached hydrogen (secondary N) is 1. The molecule has 2 atom stereocenters. The normalized spacial score (nSPS) is 22.1. The van der Waals surface area contributed by atoms with E-state index in [1.807, 2.05) is 6.92 Å². The summed E-state index contributed by atoms with van der Waals surface area (Å²) in [5.41, 5.74) is 1.06. The summed E-state index contributed by atoms with van der Waals surface area (Å²) in [6, 6.07) is 3.63. The SMILES string of the molecule is CCC1=NC(=O)NC(c2ccc(Cl)c(OC(C)=O)c2)C1C(=O)OCC1CCCCC1. The predicted molar refractivity (Wildman–Crippen MR) is 113 cm³/mol. The van der Waals surface area contributed by atoms with E-state index in [1.165, 1.54) is 13.3 Å². The van der Waals surface area contributed by atoms with Gasteiger partial charge in [0.1, 0.15) is 11.7 Å². The first-order valence-electron chi connectivity index (χ1n) is 10.4. The van der Waals surface area contributed by atoms with E-state index in [1.54, 1.807) is 18.2 Å². The van der Waals surface area contributed by atoms with Gasteiger partial charge in [0.05, 0.1) is 17.7 Å². The molecule has 2 amide bonds. The average molecular weight is 435 g/mol.